The van der Waals surface area contributed by atoms with Crippen LogP contribution in [-0.4, -0.2) is 54.8 Å². The number of nitrogens with one attached hydrogen (secondary N) is 1. The van der Waals surface area contributed by atoms with E-state index in [1.807, 2.05) is 73.8 Å². The molecule has 4 N–H and O–H groups in total. The predicted molar refractivity (Wildman–Crippen MR) is 167 cm³/mol. The second kappa shape index (κ2) is 13.3. The lowest BCUT2D eigenvalue weighted by atomic mass is 9.83. The summed E-state index contributed by atoms with van der Waals surface area (Å²) >= 11 is 0. The minimum Gasteiger partial charge on any atom is -0.395 e. The van der Waals surface area contributed by atoms with Gasteiger partial charge in [-0.3, -0.25) is 14.3 Å². The van der Waals surface area contributed by atoms with Crippen LogP contribution in [0.3, 0.4) is 0 Å². The molecule has 3 aromatic carbocycles. The van der Waals surface area contributed by atoms with Gasteiger partial charge in [0.15, 0.2) is 5.60 Å². The number of aliphatic hydroxyl groups is 3. The third kappa shape index (κ3) is 6.33. The number of nitrogens with zero attached hydrogens (tertiary/aromatic N) is 4. The van der Waals surface area contributed by atoms with Crippen LogP contribution >= 0.6 is 0 Å². The summed E-state index contributed by atoms with van der Waals surface area (Å²) < 4.78 is 1.73. The molecule has 1 aliphatic heterocycles. The van der Waals surface area contributed by atoms with Crippen LogP contribution in [-0.2, 0) is 28.3 Å². The molecule has 0 spiro atoms. The zero-order chi connectivity index (χ0) is 31.3. The van der Waals surface area contributed by atoms with Crippen molar-refractivity contribution in [1.29, 1.82) is 0 Å². The average molecular weight is 596 g/mol. The molecule has 0 saturated heterocycles. The van der Waals surface area contributed by atoms with Crippen molar-refractivity contribution in [1.82, 2.24) is 15.0 Å². The lowest BCUT2D eigenvalue weighted by Gasteiger charge is -2.27. The Balaban J connectivity index is 1.24. The fraction of sp³-hybridized carbons (Fsp3) is 0.294. The first-order chi connectivity index (χ1) is 21.2. The second-order valence-electron chi connectivity index (χ2n) is 11.1. The van der Waals surface area contributed by atoms with E-state index in [1.165, 1.54) is 6.92 Å². The van der Waals surface area contributed by atoms with E-state index in [-0.39, 0.29) is 19.1 Å². The van der Waals surface area contributed by atoms with Crippen molar-refractivity contribution < 1.29 is 24.9 Å². The summed E-state index contributed by atoms with van der Waals surface area (Å²) in [7, 11) is 0. The molecule has 1 aliphatic rings. The number of amides is 2. The van der Waals surface area contributed by atoms with Crippen LogP contribution in [0.15, 0.2) is 97.2 Å². The van der Waals surface area contributed by atoms with Gasteiger partial charge in [-0.2, -0.15) is 0 Å². The molecule has 44 heavy (non-hydrogen) atoms. The second-order valence-corrected chi connectivity index (χ2v) is 11.1. The highest BCUT2D eigenvalue weighted by Crippen LogP contribution is 2.45. The Bertz CT molecular complexity index is 1620. The van der Waals surface area contributed by atoms with Crippen LogP contribution in [0.5, 0.6) is 0 Å². The van der Waals surface area contributed by atoms with Crippen LogP contribution in [0.1, 0.15) is 48.6 Å². The van der Waals surface area contributed by atoms with E-state index in [2.05, 4.69) is 15.6 Å². The predicted octanol–water partition coefficient (Wildman–Crippen LogP) is 3.74. The molecule has 228 valence electrons. The first-order valence-corrected chi connectivity index (χ1v) is 14.7. The fourth-order valence-electron chi connectivity index (χ4n) is 5.47. The van der Waals surface area contributed by atoms with Crippen molar-refractivity contribution in [3.63, 3.8) is 0 Å². The van der Waals surface area contributed by atoms with Gasteiger partial charge < -0.3 is 25.5 Å². The van der Waals surface area contributed by atoms with Gasteiger partial charge in [-0.15, -0.1) is 5.10 Å². The van der Waals surface area contributed by atoms with Crippen LogP contribution < -0.4 is 10.2 Å². The molecule has 0 bridgehead atoms. The Hall–Kier alpha value is -4.64. The topological polar surface area (TPSA) is 141 Å². The zero-order valence-corrected chi connectivity index (χ0v) is 24.7. The van der Waals surface area contributed by atoms with E-state index in [0.717, 1.165) is 11.1 Å². The van der Waals surface area contributed by atoms with Gasteiger partial charge in [-0.25, -0.2) is 0 Å². The summed E-state index contributed by atoms with van der Waals surface area (Å²) in [6, 6.07) is 24.0. The summed E-state index contributed by atoms with van der Waals surface area (Å²) in [6.07, 6.45) is 5.11. The molecule has 10 heteroatoms. The maximum Gasteiger partial charge on any atom is 0.264 e. The number of aromatic nitrogens is 3. The largest absolute Gasteiger partial charge is 0.395 e. The molecule has 4 atom stereocenters. The quantitative estimate of drug-likeness (QED) is 0.183. The Morgan fingerprint density at radius 3 is 2.43 bits per heavy atom. The maximum atomic E-state index is 13.8. The van der Waals surface area contributed by atoms with Gasteiger partial charge in [0.2, 0.25) is 0 Å². The van der Waals surface area contributed by atoms with Crippen molar-refractivity contribution in [2.75, 3.05) is 16.8 Å². The molecule has 5 rings (SSSR count). The number of aliphatic hydroxyl groups excluding tert-OH is 2. The molecule has 0 saturated carbocycles. The van der Waals surface area contributed by atoms with Gasteiger partial charge in [0.05, 0.1) is 30.5 Å². The molecule has 0 aliphatic carbocycles. The maximum absolute atomic E-state index is 13.8. The molecule has 4 aromatic rings. The Labute approximate surface area is 256 Å². The monoisotopic (exact) mass is 595 g/mol. The van der Waals surface area contributed by atoms with Crippen molar-refractivity contribution in [2.24, 2.45) is 5.92 Å². The number of allylic oxidation sites excluding steroid dienone is 1. The summed E-state index contributed by atoms with van der Waals surface area (Å²) in [5.41, 5.74) is 2.49. The van der Waals surface area contributed by atoms with Crippen molar-refractivity contribution in [3.05, 3.63) is 120 Å². The van der Waals surface area contributed by atoms with Gasteiger partial charge in [-0.1, -0.05) is 85.0 Å². The molecule has 1 unspecified atom stereocenters. The minimum absolute atomic E-state index is 0.0707. The van der Waals surface area contributed by atoms with Gasteiger partial charge in [-0.05, 0) is 42.7 Å². The van der Waals surface area contributed by atoms with Crippen molar-refractivity contribution >= 4 is 23.2 Å². The third-order valence-corrected chi connectivity index (χ3v) is 8.02. The smallest absolute Gasteiger partial charge is 0.264 e. The molecule has 1 aromatic heterocycles. The number of carbonyl (C=O) groups is 2. The highest BCUT2D eigenvalue weighted by atomic mass is 16.3. The molecule has 10 nitrogen and oxygen atoms in total. The zero-order valence-electron chi connectivity index (χ0n) is 24.7. The van der Waals surface area contributed by atoms with Gasteiger partial charge in [0.25, 0.3) is 11.8 Å². The van der Waals surface area contributed by atoms with Crippen LogP contribution in [0.25, 0.3) is 0 Å². The molecule has 2 amide bonds. The van der Waals surface area contributed by atoms with Crippen molar-refractivity contribution in [2.45, 2.75) is 51.0 Å². The van der Waals surface area contributed by atoms with E-state index in [4.69, 9.17) is 0 Å². The first kappa shape index (κ1) is 30.8. The number of hydrogen-bond donors (Lipinski definition) is 4. The van der Waals surface area contributed by atoms with E-state index in [0.29, 0.717) is 35.6 Å². The number of benzene rings is 3. The number of rotatable bonds is 12. The number of carbonyl (C=O) groups excluding carboxylic acids is 2. The summed E-state index contributed by atoms with van der Waals surface area (Å²) in [5, 5.41) is 42.3. The third-order valence-electron chi connectivity index (χ3n) is 8.02. The Morgan fingerprint density at radius 1 is 1.02 bits per heavy atom. The first-order valence-electron chi connectivity index (χ1n) is 14.7. The summed E-state index contributed by atoms with van der Waals surface area (Å²) in [6.45, 7) is 3.94. The fourth-order valence-corrected chi connectivity index (χ4v) is 5.47. The number of fused-ring (bicyclic) bond motifs is 1. The number of aryl methyl sites for hydroxylation is 1. The highest BCUT2D eigenvalue weighted by molar-refractivity contribution is 6.07. The summed E-state index contributed by atoms with van der Waals surface area (Å²) in [5.74, 6) is -1.67. The summed E-state index contributed by atoms with van der Waals surface area (Å²) in [4.78, 5) is 27.2. The Kier molecular flexibility index (Phi) is 9.34. The van der Waals surface area contributed by atoms with Crippen LogP contribution in [0.4, 0.5) is 11.4 Å². The van der Waals surface area contributed by atoms with E-state index in [9.17, 15) is 24.9 Å². The average Bonchev–Trinajstić information content (AvgIpc) is 3.58. The molecule has 0 radical (unpaired) electrons. The standard InChI is InChI=1S/C34H37N5O5/c1-23(10-8-9-19-38-21-30(36-37-38)28(22-40)26-11-4-3-5-12-26)34(44)29-13-6-7-14-31(29)39(33(34)43)20-25-15-17-27(18-16-25)35-32(42)24(2)41/h3-8,10-18,21,23-24,28,40-41,44H,9,19-20,22H2,1-2H3,(H,35,42)/b10-8+/t23-,24+,28?,34+/m1/s1. The highest BCUT2D eigenvalue weighted by Gasteiger charge is 2.52. The number of para-hydroxylation sites is 1. The SMILES string of the molecule is C[C@H](O)C(=O)Nc1ccc(CN2C(=O)[C@](O)([C@H](C)/C=C/CCn3cc(C(CO)c4ccccc4)nn3)c3ccccc32)cc1. The van der Waals surface area contributed by atoms with Gasteiger partial charge in [0.1, 0.15) is 6.10 Å². The molecular formula is C34H37N5O5. The normalized spacial score (nSPS) is 18.3. The Morgan fingerprint density at radius 2 is 1.73 bits per heavy atom. The van der Waals surface area contributed by atoms with E-state index >= 15 is 0 Å². The van der Waals surface area contributed by atoms with Gasteiger partial charge in [0, 0.05) is 29.9 Å². The van der Waals surface area contributed by atoms with Crippen LogP contribution in [0, 0.1) is 5.92 Å². The minimum atomic E-state index is -1.73. The number of anilines is 2. The van der Waals surface area contributed by atoms with Crippen molar-refractivity contribution in [3.8, 4) is 0 Å². The van der Waals surface area contributed by atoms with E-state index in [1.54, 1.807) is 39.9 Å². The lowest BCUT2D eigenvalue weighted by molar-refractivity contribution is -0.139. The van der Waals surface area contributed by atoms with Gasteiger partial charge >= 0.3 is 0 Å². The molecular weight excluding hydrogens is 558 g/mol. The lowest BCUT2D eigenvalue weighted by Crippen LogP contribution is -2.44. The number of hydrogen-bond acceptors (Lipinski definition) is 7. The molecule has 2 heterocycles. The van der Waals surface area contributed by atoms with E-state index < -0.39 is 29.4 Å². The molecule has 0 fully saturated rings. The van der Waals surface area contributed by atoms with Crippen LogP contribution in [0.2, 0.25) is 0 Å².